The van der Waals surface area contributed by atoms with Crippen molar-refractivity contribution in [3.05, 3.63) is 34.3 Å². The van der Waals surface area contributed by atoms with Gasteiger partial charge in [0.2, 0.25) is 0 Å². The summed E-state index contributed by atoms with van der Waals surface area (Å²) >= 11 is 6.13. The third kappa shape index (κ3) is 3.21. The predicted molar refractivity (Wildman–Crippen MR) is 73.4 cm³/mol. The summed E-state index contributed by atoms with van der Waals surface area (Å²) in [5.74, 6) is 0. The molecule has 94 valence electrons. The lowest BCUT2D eigenvalue weighted by atomic mass is 9.99. The Morgan fingerprint density at radius 1 is 1.41 bits per heavy atom. The van der Waals surface area contributed by atoms with E-state index in [2.05, 4.69) is 43.2 Å². The maximum atomic E-state index is 6.13. The fourth-order valence-electron chi connectivity index (χ4n) is 2.48. The predicted octanol–water partition coefficient (Wildman–Crippen LogP) is 3.21. The van der Waals surface area contributed by atoms with Crippen molar-refractivity contribution < 1.29 is 0 Å². The fourth-order valence-corrected chi connectivity index (χ4v) is 2.67. The van der Waals surface area contributed by atoms with Crippen LogP contribution in [0.5, 0.6) is 0 Å². The van der Waals surface area contributed by atoms with E-state index in [4.69, 9.17) is 11.6 Å². The van der Waals surface area contributed by atoms with E-state index in [1.807, 2.05) is 6.07 Å². The first-order chi connectivity index (χ1) is 8.06. The molecule has 0 aliphatic carbocycles. The average Bonchev–Trinajstić information content (AvgIpc) is 2.39. The number of benzene rings is 1. The van der Waals surface area contributed by atoms with Gasteiger partial charge >= 0.3 is 0 Å². The third-order valence-electron chi connectivity index (χ3n) is 3.26. The monoisotopic (exact) mass is 252 g/mol. The lowest BCUT2D eigenvalue weighted by Gasteiger charge is -2.21. The SMILES string of the molecule is CC(C)NC1CCN(C)Cc2ccc(Cl)cc21. The molecule has 1 aromatic rings. The van der Waals surface area contributed by atoms with Gasteiger partial charge in [-0.25, -0.2) is 0 Å². The molecule has 0 fully saturated rings. The van der Waals surface area contributed by atoms with Crippen molar-refractivity contribution in [3.63, 3.8) is 0 Å². The number of nitrogens with zero attached hydrogens (tertiary/aromatic N) is 1. The highest BCUT2D eigenvalue weighted by Gasteiger charge is 2.21. The van der Waals surface area contributed by atoms with Crippen LogP contribution in [0.25, 0.3) is 0 Å². The molecule has 0 radical (unpaired) electrons. The topological polar surface area (TPSA) is 15.3 Å². The zero-order chi connectivity index (χ0) is 12.4. The third-order valence-corrected chi connectivity index (χ3v) is 3.49. The van der Waals surface area contributed by atoms with Gasteiger partial charge < -0.3 is 10.2 Å². The van der Waals surface area contributed by atoms with Gasteiger partial charge in [0.1, 0.15) is 0 Å². The van der Waals surface area contributed by atoms with Gasteiger partial charge in [0.15, 0.2) is 0 Å². The Hall–Kier alpha value is -0.570. The Balaban J connectivity index is 2.33. The summed E-state index contributed by atoms with van der Waals surface area (Å²) < 4.78 is 0. The van der Waals surface area contributed by atoms with Crippen LogP contribution in [-0.2, 0) is 6.54 Å². The molecule has 1 unspecified atom stereocenters. The van der Waals surface area contributed by atoms with Crippen LogP contribution in [0.1, 0.15) is 37.4 Å². The minimum atomic E-state index is 0.425. The highest BCUT2D eigenvalue weighted by atomic mass is 35.5. The fraction of sp³-hybridized carbons (Fsp3) is 0.571. The molecule has 0 saturated carbocycles. The van der Waals surface area contributed by atoms with Gasteiger partial charge in [-0.2, -0.15) is 0 Å². The van der Waals surface area contributed by atoms with Gasteiger partial charge in [0, 0.05) is 23.7 Å². The van der Waals surface area contributed by atoms with Gasteiger partial charge in [0.05, 0.1) is 0 Å². The molecule has 3 heteroatoms. The Labute approximate surface area is 109 Å². The number of rotatable bonds is 2. The molecule has 1 N–H and O–H groups in total. The van der Waals surface area contributed by atoms with Crippen molar-refractivity contribution in [2.75, 3.05) is 13.6 Å². The Bertz CT molecular complexity index is 390. The van der Waals surface area contributed by atoms with E-state index in [-0.39, 0.29) is 0 Å². The summed E-state index contributed by atoms with van der Waals surface area (Å²) in [6.07, 6.45) is 1.14. The number of halogens is 1. The van der Waals surface area contributed by atoms with Gasteiger partial charge in [-0.15, -0.1) is 0 Å². The second kappa shape index (κ2) is 5.38. The van der Waals surface area contributed by atoms with Crippen LogP contribution in [0, 0.1) is 0 Å². The first kappa shape index (κ1) is 12.9. The summed E-state index contributed by atoms with van der Waals surface area (Å²) in [5.41, 5.74) is 2.77. The van der Waals surface area contributed by atoms with E-state index < -0.39 is 0 Å². The Morgan fingerprint density at radius 3 is 2.88 bits per heavy atom. The molecule has 0 bridgehead atoms. The molecule has 0 amide bonds. The normalized spacial score (nSPS) is 21.4. The zero-order valence-corrected chi connectivity index (χ0v) is 11.6. The van der Waals surface area contributed by atoms with Crippen molar-refractivity contribution >= 4 is 11.6 Å². The van der Waals surface area contributed by atoms with Crippen LogP contribution in [-0.4, -0.2) is 24.5 Å². The number of nitrogens with one attached hydrogen (secondary N) is 1. The summed E-state index contributed by atoms with van der Waals surface area (Å²) in [6, 6.07) is 7.19. The summed E-state index contributed by atoms with van der Waals surface area (Å²) in [4.78, 5) is 2.37. The Morgan fingerprint density at radius 2 is 2.18 bits per heavy atom. The van der Waals surface area contributed by atoms with E-state index in [9.17, 15) is 0 Å². The van der Waals surface area contributed by atoms with Gasteiger partial charge in [0.25, 0.3) is 0 Å². The molecule has 1 atom stereocenters. The smallest absolute Gasteiger partial charge is 0.0409 e. The van der Waals surface area contributed by atoms with E-state index in [0.29, 0.717) is 12.1 Å². The minimum absolute atomic E-state index is 0.425. The zero-order valence-electron chi connectivity index (χ0n) is 10.8. The van der Waals surface area contributed by atoms with Crippen LogP contribution in [0.3, 0.4) is 0 Å². The highest BCUT2D eigenvalue weighted by molar-refractivity contribution is 6.30. The molecule has 2 nitrogen and oxygen atoms in total. The van der Waals surface area contributed by atoms with Crippen molar-refractivity contribution in [3.8, 4) is 0 Å². The largest absolute Gasteiger partial charge is 0.308 e. The molecule has 2 rings (SSSR count). The van der Waals surface area contributed by atoms with Crippen LogP contribution < -0.4 is 5.32 Å². The first-order valence-corrected chi connectivity index (χ1v) is 6.67. The van der Waals surface area contributed by atoms with Crippen LogP contribution >= 0.6 is 11.6 Å². The molecular formula is C14H21ClN2. The van der Waals surface area contributed by atoms with E-state index in [1.165, 1.54) is 11.1 Å². The molecule has 0 spiro atoms. The standard InChI is InChI=1S/C14H21ClN2/c1-10(2)16-14-6-7-17(3)9-11-4-5-12(15)8-13(11)14/h4-5,8,10,14,16H,6-7,9H2,1-3H3. The van der Waals surface area contributed by atoms with Gasteiger partial charge in [-0.1, -0.05) is 31.5 Å². The van der Waals surface area contributed by atoms with Gasteiger partial charge in [-0.05, 0) is 43.3 Å². The lowest BCUT2D eigenvalue weighted by molar-refractivity contribution is 0.313. The second-order valence-corrected chi connectivity index (χ2v) is 5.68. The number of hydrogen-bond donors (Lipinski definition) is 1. The lowest BCUT2D eigenvalue weighted by Crippen LogP contribution is -2.29. The summed E-state index contributed by atoms with van der Waals surface area (Å²) in [7, 11) is 2.18. The second-order valence-electron chi connectivity index (χ2n) is 5.24. The first-order valence-electron chi connectivity index (χ1n) is 6.29. The molecule has 0 saturated heterocycles. The van der Waals surface area contributed by atoms with Crippen molar-refractivity contribution in [1.29, 1.82) is 0 Å². The number of hydrogen-bond acceptors (Lipinski definition) is 2. The molecule has 1 aliphatic rings. The molecule has 0 aromatic heterocycles. The summed E-state index contributed by atoms with van der Waals surface area (Å²) in [6.45, 7) is 6.52. The van der Waals surface area contributed by atoms with E-state index in [0.717, 1.165) is 24.5 Å². The number of fused-ring (bicyclic) bond motifs is 1. The maximum Gasteiger partial charge on any atom is 0.0409 e. The molecule has 1 aliphatic heterocycles. The maximum absolute atomic E-state index is 6.13. The molecule has 1 heterocycles. The van der Waals surface area contributed by atoms with E-state index >= 15 is 0 Å². The van der Waals surface area contributed by atoms with E-state index in [1.54, 1.807) is 0 Å². The van der Waals surface area contributed by atoms with Crippen LogP contribution in [0.2, 0.25) is 5.02 Å². The minimum Gasteiger partial charge on any atom is -0.308 e. The van der Waals surface area contributed by atoms with Crippen molar-refractivity contribution in [2.24, 2.45) is 0 Å². The van der Waals surface area contributed by atoms with Gasteiger partial charge in [-0.3, -0.25) is 0 Å². The average molecular weight is 253 g/mol. The Kier molecular flexibility index (Phi) is 4.08. The molecule has 17 heavy (non-hydrogen) atoms. The van der Waals surface area contributed by atoms with Crippen LogP contribution in [0.15, 0.2) is 18.2 Å². The highest BCUT2D eigenvalue weighted by Crippen LogP contribution is 2.29. The molecular weight excluding hydrogens is 232 g/mol. The quantitative estimate of drug-likeness (QED) is 0.870. The van der Waals surface area contributed by atoms with Crippen molar-refractivity contribution in [2.45, 2.75) is 38.9 Å². The van der Waals surface area contributed by atoms with Crippen LogP contribution in [0.4, 0.5) is 0 Å². The summed E-state index contributed by atoms with van der Waals surface area (Å²) in [5, 5.41) is 4.48. The molecule has 1 aromatic carbocycles. The van der Waals surface area contributed by atoms with Crippen molar-refractivity contribution in [1.82, 2.24) is 10.2 Å².